The third-order valence-electron chi connectivity index (χ3n) is 2.04. The lowest BCUT2D eigenvalue weighted by Gasteiger charge is -2.23. The van der Waals surface area contributed by atoms with Crippen molar-refractivity contribution in [3.8, 4) is 0 Å². The number of halogens is 2. The minimum absolute atomic E-state index is 0.216. The lowest BCUT2D eigenvalue weighted by atomic mass is 10.2. The summed E-state index contributed by atoms with van der Waals surface area (Å²) in [6, 6.07) is -0.693. The Labute approximate surface area is 123 Å². The zero-order valence-corrected chi connectivity index (χ0v) is 12.5. The molecule has 0 radical (unpaired) electrons. The van der Waals surface area contributed by atoms with E-state index in [-0.39, 0.29) is 12.5 Å². The molecular weight excluding hydrogens is 293 g/mol. The Bertz CT molecular complexity index is 281. The van der Waals surface area contributed by atoms with Gasteiger partial charge in [0.2, 0.25) is 0 Å². The average Bonchev–Trinajstić information content (AvgIpc) is 2.34. The molecule has 112 valence electrons. The molecule has 0 saturated heterocycles. The molecule has 0 aliphatic heterocycles. The van der Waals surface area contributed by atoms with Crippen LogP contribution in [-0.4, -0.2) is 54.2 Å². The SMILES string of the molecule is C/C(N)=N/OCC[C@H](N)C(=O)NN(CCCl)CCCl. The summed E-state index contributed by atoms with van der Waals surface area (Å²) < 4.78 is 0. The summed E-state index contributed by atoms with van der Waals surface area (Å²) in [6.07, 6.45) is 0.332. The monoisotopic (exact) mass is 313 g/mol. The molecule has 0 aromatic rings. The number of hydrogen-bond acceptors (Lipinski definition) is 5. The minimum Gasteiger partial charge on any atom is -0.394 e. The van der Waals surface area contributed by atoms with Gasteiger partial charge in [-0.25, -0.2) is 5.01 Å². The molecule has 19 heavy (non-hydrogen) atoms. The molecule has 0 heterocycles. The van der Waals surface area contributed by atoms with Gasteiger partial charge in [-0.05, 0) is 6.92 Å². The van der Waals surface area contributed by atoms with Crippen molar-refractivity contribution in [2.75, 3.05) is 31.5 Å². The van der Waals surface area contributed by atoms with Crippen LogP contribution in [0.4, 0.5) is 0 Å². The highest BCUT2D eigenvalue weighted by atomic mass is 35.5. The fourth-order valence-electron chi connectivity index (χ4n) is 1.12. The van der Waals surface area contributed by atoms with Crippen molar-refractivity contribution in [2.45, 2.75) is 19.4 Å². The molecule has 0 aromatic heterocycles. The number of carbonyl (C=O) groups excluding carboxylic acids is 1. The molecule has 0 aliphatic rings. The molecule has 0 aliphatic carbocycles. The Morgan fingerprint density at radius 1 is 1.42 bits per heavy atom. The van der Waals surface area contributed by atoms with Crippen molar-refractivity contribution in [3.05, 3.63) is 0 Å². The number of carbonyl (C=O) groups is 1. The second kappa shape index (κ2) is 11.1. The number of nitrogens with zero attached hydrogens (tertiary/aromatic N) is 2. The van der Waals surface area contributed by atoms with Crippen molar-refractivity contribution in [1.29, 1.82) is 0 Å². The Kier molecular flexibility index (Phi) is 10.7. The molecule has 9 heteroatoms. The number of rotatable bonds is 10. The molecule has 1 atom stereocenters. The normalized spacial score (nSPS) is 13.4. The first-order valence-electron chi connectivity index (χ1n) is 5.86. The van der Waals surface area contributed by atoms with E-state index in [1.165, 1.54) is 0 Å². The molecule has 5 N–H and O–H groups in total. The summed E-state index contributed by atoms with van der Waals surface area (Å²) in [5.41, 5.74) is 13.6. The fraction of sp³-hybridized carbons (Fsp3) is 0.800. The van der Waals surface area contributed by atoms with Crippen molar-refractivity contribution in [1.82, 2.24) is 10.4 Å². The van der Waals surface area contributed by atoms with Gasteiger partial charge in [0.15, 0.2) is 0 Å². The van der Waals surface area contributed by atoms with E-state index in [9.17, 15) is 4.79 Å². The van der Waals surface area contributed by atoms with E-state index in [4.69, 9.17) is 39.5 Å². The first-order valence-corrected chi connectivity index (χ1v) is 6.93. The number of oxime groups is 1. The quantitative estimate of drug-likeness (QED) is 0.171. The molecular formula is C10H21Cl2N5O2. The highest BCUT2D eigenvalue weighted by Gasteiger charge is 2.16. The molecule has 7 nitrogen and oxygen atoms in total. The number of nitrogens with two attached hydrogens (primary N) is 2. The zero-order chi connectivity index (χ0) is 14.7. The molecule has 0 unspecified atom stereocenters. The molecule has 0 bridgehead atoms. The Morgan fingerprint density at radius 2 is 2.00 bits per heavy atom. The van der Waals surface area contributed by atoms with Gasteiger partial charge in [-0.3, -0.25) is 10.2 Å². The summed E-state index contributed by atoms with van der Waals surface area (Å²) in [6.45, 7) is 2.82. The molecule has 0 spiro atoms. The predicted molar refractivity (Wildman–Crippen MR) is 77.0 cm³/mol. The Hall–Kier alpha value is -0.760. The van der Waals surface area contributed by atoms with Gasteiger partial charge in [0.05, 0.1) is 6.04 Å². The van der Waals surface area contributed by atoms with Crippen LogP contribution in [0.5, 0.6) is 0 Å². The summed E-state index contributed by atoms with van der Waals surface area (Å²) in [7, 11) is 0. The van der Waals surface area contributed by atoms with Gasteiger partial charge in [-0.2, -0.15) is 0 Å². The maximum Gasteiger partial charge on any atom is 0.251 e. The second-order valence-corrected chi connectivity index (χ2v) is 4.56. The van der Waals surface area contributed by atoms with Crippen LogP contribution in [-0.2, 0) is 9.63 Å². The smallest absolute Gasteiger partial charge is 0.251 e. The predicted octanol–water partition coefficient (Wildman–Crippen LogP) is -0.177. The highest BCUT2D eigenvalue weighted by molar-refractivity contribution is 6.18. The fourth-order valence-corrected chi connectivity index (χ4v) is 1.53. The van der Waals surface area contributed by atoms with Crippen LogP contribution in [0.1, 0.15) is 13.3 Å². The summed E-state index contributed by atoms with van der Waals surface area (Å²) >= 11 is 11.2. The summed E-state index contributed by atoms with van der Waals surface area (Å²) in [4.78, 5) is 16.6. The van der Waals surface area contributed by atoms with Crippen molar-refractivity contribution >= 4 is 34.9 Å². The maximum absolute atomic E-state index is 11.8. The van der Waals surface area contributed by atoms with E-state index in [2.05, 4.69) is 10.6 Å². The molecule has 0 fully saturated rings. The van der Waals surface area contributed by atoms with E-state index in [0.29, 0.717) is 37.1 Å². The van der Waals surface area contributed by atoms with E-state index >= 15 is 0 Å². The van der Waals surface area contributed by atoms with Crippen LogP contribution in [0.15, 0.2) is 5.16 Å². The van der Waals surface area contributed by atoms with Crippen molar-refractivity contribution in [3.63, 3.8) is 0 Å². The third kappa shape index (κ3) is 9.77. The molecule has 1 amide bonds. The Balaban J connectivity index is 3.99. The molecule has 0 rings (SSSR count). The lowest BCUT2D eigenvalue weighted by Crippen LogP contribution is -2.51. The summed E-state index contributed by atoms with van der Waals surface area (Å²) in [5, 5.41) is 5.17. The van der Waals surface area contributed by atoms with Crippen LogP contribution in [0, 0.1) is 0 Å². The first kappa shape index (κ1) is 18.2. The largest absolute Gasteiger partial charge is 0.394 e. The van der Waals surface area contributed by atoms with Gasteiger partial charge in [0.1, 0.15) is 12.4 Å². The van der Waals surface area contributed by atoms with Gasteiger partial charge in [-0.15, -0.1) is 23.2 Å². The van der Waals surface area contributed by atoms with E-state index in [1.807, 2.05) is 0 Å². The van der Waals surface area contributed by atoms with E-state index in [1.54, 1.807) is 11.9 Å². The molecule has 0 aromatic carbocycles. The van der Waals surface area contributed by atoms with Crippen LogP contribution in [0.3, 0.4) is 0 Å². The number of alkyl halides is 2. The minimum atomic E-state index is -0.693. The standard InChI is InChI=1S/C10H21Cl2N5O2/c1-8(13)16-19-7-2-9(14)10(18)15-17(5-3-11)6-4-12/h9H,2-7,14H2,1H3,(H2,13,16)(H,15,18)/t9-/m0/s1. The number of amidine groups is 1. The number of amides is 1. The van der Waals surface area contributed by atoms with E-state index < -0.39 is 6.04 Å². The lowest BCUT2D eigenvalue weighted by molar-refractivity contribution is -0.127. The maximum atomic E-state index is 11.8. The first-order chi connectivity index (χ1) is 9.01. The van der Waals surface area contributed by atoms with Crippen LogP contribution in [0.2, 0.25) is 0 Å². The zero-order valence-electron chi connectivity index (χ0n) is 10.9. The average molecular weight is 314 g/mol. The topological polar surface area (TPSA) is 106 Å². The second-order valence-electron chi connectivity index (χ2n) is 3.80. The summed E-state index contributed by atoms with van der Waals surface area (Å²) in [5.74, 6) is 0.778. The van der Waals surface area contributed by atoms with Gasteiger partial charge in [0.25, 0.3) is 5.91 Å². The number of hydrogen-bond donors (Lipinski definition) is 3. The molecule has 0 saturated carbocycles. The highest BCUT2D eigenvalue weighted by Crippen LogP contribution is 1.94. The number of hydrazine groups is 1. The van der Waals surface area contributed by atoms with E-state index in [0.717, 1.165) is 0 Å². The number of nitrogens with one attached hydrogen (secondary N) is 1. The van der Waals surface area contributed by atoms with Crippen LogP contribution in [0.25, 0.3) is 0 Å². The van der Waals surface area contributed by atoms with Gasteiger partial charge in [-0.1, -0.05) is 5.16 Å². The van der Waals surface area contributed by atoms with Gasteiger partial charge >= 0.3 is 0 Å². The van der Waals surface area contributed by atoms with Crippen LogP contribution >= 0.6 is 23.2 Å². The van der Waals surface area contributed by atoms with Gasteiger partial charge in [0, 0.05) is 31.3 Å². The Morgan fingerprint density at radius 3 is 2.47 bits per heavy atom. The van der Waals surface area contributed by atoms with Gasteiger partial charge < -0.3 is 16.3 Å². The van der Waals surface area contributed by atoms with Crippen LogP contribution < -0.4 is 16.9 Å². The third-order valence-corrected chi connectivity index (χ3v) is 2.38. The van der Waals surface area contributed by atoms with Crippen molar-refractivity contribution < 1.29 is 9.63 Å². The van der Waals surface area contributed by atoms with Crippen molar-refractivity contribution in [2.24, 2.45) is 16.6 Å².